The van der Waals surface area contributed by atoms with Gasteiger partial charge >= 0.3 is 0 Å². The average molecular weight is 226 g/mol. The fraction of sp³-hybridized carbons (Fsp3) is 0.750. The van der Waals surface area contributed by atoms with Crippen molar-refractivity contribution in [1.29, 1.82) is 0 Å². The van der Waals surface area contributed by atoms with Gasteiger partial charge in [0.05, 0.1) is 17.5 Å². The first kappa shape index (κ1) is 13.2. The first-order valence-corrected chi connectivity index (χ1v) is 5.81. The third-order valence-corrected chi connectivity index (χ3v) is 2.85. The summed E-state index contributed by atoms with van der Waals surface area (Å²) in [5.74, 6) is 0.182. The van der Waals surface area contributed by atoms with Gasteiger partial charge in [-0.1, -0.05) is 6.92 Å². The second-order valence-electron chi connectivity index (χ2n) is 4.23. The van der Waals surface area contributed by atoms with Crippen LogP contribution in [0.2, 0.25) is 0 Å². The summed E-state index contributed by atoms with van der Waals surface area (Å²) < 4.78 is 6.89. The molecule has 0 radical (unpaired) electrons. The molecule has 1 aromatic heterocycles. The average Bonchev–Trinajstić information content (AvgIpc) is 2.66. The first-order chi connectivity index (χ1) is 7.60. The van der Waals surface area contributed by atoms with E-state index in [0.717, 1.165) is 24.4 Å². The maximum atomic E-state index is 10.2. The van der Waals surface area contributed by atoms with Crippen LogP contribution >= 0.6 is 0 Å². The number of ether oxygens (including phenoxy) is 1. The Morgan fingerprint density at radius 3 is 2.81 bits per heavy atom. The SMILES string of the molecule is CCn1nc(C)cc1C(O)C(C)CCOC. The van der Waals surface area contributed by atoms with E-state index in [1.807, 2.05) is 31.5 Å². The highest BCUT2D eigenvalue weighted by atomic mass is 16.5. The molecule has 1 aromatic rings. The Morgan fingerprint density at radius 1 is 1.56 bits per heavy atom. The van der Waals surface area contributed by atoms with E-state index < -0.39 is 6.10 Å². The summed E-state index contributed by atoms with van der Waals surface area (Å²) in [6.45, 7) is 7.48. The molecular weight excluding hydrogens is 204 g/mol. The lowest BCUT2D eigenvalue weighted by Gasteiger charge is -2.19. The van der Waals surface area contributed by atoms with Crippen molar-refractivity contribution in [3.63, 3.8) is 0 Å². The van der Waals surface area contributed by atoms with Gasteiger partial charge in [-0.15, -0.1) is 0 Å². The molecule has 1 N–H and O–H groups in total. The second-order valence-corrected chi connectivity index (χ2v) is 4.23. The zero-order valence-electron chi connectivity index (χ0n) is 10.6. The van der Waals surface area contributed by atoms with Gasteiger partial charge in [-0.05, 0) is 32.3 Å². The quantitative estimate of drug-likeness (QED) is 0.806. The van der Waals surface area contributed by atoms with Crippen LogP contribution in [0.3, 0.4) is 0 Å². The van der Waals surface area contributed by atoms with Gasteiger partial charge in [-0.25, -0.2) is 0 Å². The van der Waals surface area contributed by atoms with Gasteiger partial charge in [0.1, 0.15) is 0 Å². The van der Waals surface area contributed by atoms with Crippen LogP contribution in [0.1, 0.15) is 37.8 Å². The van der Waals surface area contributed by atoms with E-state index in [2.05, 4.69) is 5.10 Å². The van der Waals surface area contributed by atoms with Gasteiger partial charge in [0.2, 0.25) is 0 Å². The van der Waals surface area contributed by atoms with Crippen molar-refractivity contribution < 1.29 is 9.84 Å². The Hall–Kier alpha value is -0.870. The van der Waals surface area contributed by atoms with Gasteiger partial charge in [0.15, 0.2) is 0 Å². The third-order valence-electron chi connectivity index (χ3n) is 2.85. The number of aromatic nitrogens is 2. The lowest BCUT2D eigenvalue weighted by molar-refractivity contribution is 0.0818. The Bertz CT molecular complexity index is 323. The van der Waals surface area contributed by atoms with Crippen molar-refractivity contribution in [2.24, 2.45) is 5.92 Å². The standard InChI is InChI=1S/C12H22N2O2/c1-5-14-11(8-10(3)13-14)12(15)9(2)6-7-16-4/h8-9,12,15H,5-7H2,1-4H3. The van der Waals surface area contributed by atoms with E-state index in [9.17, 15) is 5.11 Å². The Balaban J connectivity index is 2.74. The molecule has 0 aliphatic carbocycles. The van der Waals surface area contributed by atoms with Gasteiger partial charge in [-0.2, -0.15) is 5.10 Å². The minimum Gasteiger partial charge on any atom is -0.387 e. The van der Waals surface area contributed by atoms with Gasteiger partial charge in [0, 0.05) is 20.3 Å². The predicted octanol–water partition coefficient (Wildman–Crippen LogP) is 1.92. The Labute approximate surface area is 97.2 Å². The van der Waals surface area contributed by atoms with E-state index in [4.69, 9.17) is 4.74 Å². The summed E-state index contributed by atoms with van der Waals surface area (Å²) in [5, 5.41) is 14.6. The van der Waals surface area contributed by atoms with Crippen molar-refractivity contribution in [3.8, 4) is 0 Å². The van der Waals surface area contributed by atoms with Crippen LogP contribution in [0.15, 0.2) is 6.07 Å². The summed E-state index contributed by atoms with van der Waals surface area (Å²) in [6, 6.07) is 1.96. The van der Waals surface area contributed by atoms with E-state index in [1.165, 1.54) is 0 Å². The van der Waals surface area contributed by atoms with Crippen LogP contribution in [-0.4, -0.2) is 28.6 Å². The highest BCUT2D eigenvalue weighted by Crippen LogP contribution is 2.24. The molecule has 4 heteroatoms. The van der Waals surface area contributed by atoms with Crippen LogP contribution in [0.5, 0.6) is 0 Å². The Kier molecular flexibility index (Phi) is 4.96. The largest absolute Gasteiger partial charge is 0.387 e. The van der Waals surface area contributed by atoms with E-state index in [-0.39, 0.29) is 5.92 Å². The molecule has 0 saturated heterocycles. The van der Waals surface area contributed by atoms with Crippen LogP contribution in [0.25, 0.3) is 0 Å². The van der Waals surface area contributed by atoms with Crippen molar-refractivity contribution in [1.82, 2.24) is 9.78 Å². The number of aryl methyl sites for hydroxylation is 2. The summed E-state index contributed by atoms with van der Waals surface area (Å²) in [6.07, 6.45) is 0.391. The molecule has 0 aliphatic heterocycles. The monoisotopic (exact) mass is 226 g/mol. The van der Waals surface area contributed by atoms with Crippen LogP contribution in [-0.2, 0) is 11.3 Å². The third kappa shape index (κ3) is 3.06. The molecule has 0 fully saturated rings. The number of aliphatic hydroxyl groups excluding tert-OH is 1. The molecular formula is C12H22N2O2. The molecule has 0 bridgehead atoms. The normalized spacial score (nSPS) is 15.1. The van der Waals surface area contributed by atoms with Crippen molar-refractivity contribution in [3.05, 3.63) is 17.5 Å². The van der Waals surface area contributed by atoms with Crippen LogP contribution < -0.4 is 0 Å². The molecule has 4 nitrogen and oxygen atoms in total. The summed E-state index contributed by atoms with van der Waals surface area (Å²) in [5.41, 5.74) is 1.86. The van der Waals surface area contributed by atoms with Crippen LogP contribution in [0, 0.1) is 12.8 Å². The van der Waals surface area contributed by atoms with E-state index >= 15 is 0 Å². The van der Waals surface area contributed by atoms with Crippen molar-refractivity contribution in [2.45, 2.75) is 39.8 Å². The van der Waals surface area contributed by atoms with Gasteiger partial charge in [-0.3, -0.25) is 4.68 Å². The maximum Gasteiger partial charge on any atom is 0.0982 e. The zero-order valence-corrected chi connectivity index (χ0v) is 10.6. The highest BCUT2D eigenvalue weighted by molar-refractivity contribution is 5.12. The van der Waals surface area contributed by atoms with Gasteiger partial charge in [0.25, 0.3) is 0 Å². The van der Waals surface area contributed by atoms with E-state index in [1.54, 1.807) is 7.11 Å². The number of aliphatic hydroxyl groups is 1. The molecule has 92 valence electrons. The van der Waals surface area contributed by atoms with E-state index in [0.29, 0.717) is 6.61 Å². The van der Waals surface area contributed by atoms with Crippen molar-refractivity contribution in [2.75, 3.05) is 13.7 Å². The molecule has 16 heavy (non-hydrogen) atoms. The fourth-order valence-electron chi connectivity index (χ4n) is 1.81. The van der Waals surface area contributed by atoms with Crippen molar-refractivity contribution >= 4 is 0 Å². The lowest BCUT2D eigenvalue weighted by atomic mass is 9.98. The minimum atomic E-state index is -0.462. The van der Waals surface area contributed by atoms with Crippen LogP contribution in [0.4, 0.5) is 0 Å². The second kappa shape index (κ2) is 6.01. The highest BCUT2D eigenvalue weighted by Gasteiger charge is 2.20. The Morgan fingerprint density at radius 2 is 2.25 bits per heavy atom. The number of hydrogen-bond donors (Lipinski definition) is 1. The number of methoxy groups -OCH3 is 1. The molecule has 0 aromatic carbocycles. The summed E-state index contributed by atoms with van der Waals surface area (Å²) >= 11 is 0. The summed E-state index contributed by atoms with van der Waals surface area (Å²) in [7, 11) is 1.68. The maximum absolute atomic E-state index is 10.2. The molecule has 2 unspecified atom stereocenters. The van der Waals surface area contributed by atoms with Gasteiger partial charge < -0.3 is 9.84 Å². The predicted molar refractivity (Wildman–Crippen MR) is 63.3 cm³/mol. The molecule has 0 saturated carbocycles. The molecule has 2 atom stereocenters. The molecule has 0 spiro atoms. The fourth-order valence-corrected chi connectivity index (χ4v) is 1.81. The molecule has 1 rings (SSSR count). The smallest absolute Gasteiger partial charge is 0.0982 e. The minimum absolute atomic E-state index is 0.182. The summed E-state index contributed by atoms with van der Waals surface area (Å²) in [4.78, 5) is 0. The zero-order chi connectivity index (χ0) is 12.1. The molecule has 1 heterocycles. The molecule has 0 aliphatic rings. The number of rotatable bonds is 6. The first-order valence-electron chi connectivity index (χ1n) is 5.81. The molecule has 0 amide bonds. The number of hydrogen-bond acceptors (Lipinski definition) is 3. The topological polar surface area (TPSA) is 47.3 Å². The lowest BCUT2D eigenvalue weighted by Crippen LogP contribution is -2.16. The number of nitrogens with zero attached hydrogens (tertiary/aromatic N) is 2.